The number of rotatable bonds is 3. The predicted molar refractivity (Wildman–Crippen MR) is 70.1 cm³/mol. The summed E-state index contributed by atoms with van der Waals surface area (Å²) in [6.07, 6.45) is 0. The lowest BCUT2D eigenvalue weighted by Gasteiger charge is -2.07. The van der Waals surface area contributed by atoms with Crippen molar-refractivity contribution in [2.24, 2.45) is 16.7 Å². The summed E-state index contributed by atoms with van der Waals surface area (Å²) in [4.78, 5) is 36.4. The van der Waals surface area contributed by atoms with Gasteiger partial charge in [-0.1, -0.05) is 0 Å². The Morgan fingerprint density at radius 3 is 2.05 bits per heavy atom. The molecule has 22 heavy (non-hydrogen) atoms. The normalized spacial score (nSPS) is 31.5. The summed E-state index contributed by atoms with van der Waals surface area (Å²) in [6, 6.07) is 9.44. The van der Waals surface area contributed by atoms with Gasteiger partial charge in [-0.2, -0.15) is 10.5 Å². The molecule has 2 fully saturated rings. The first-order chi connectivity index (χ1) is 10.5. The van der Waals surface area contributed by atoms with E-state index in [-0.39, 0.29) is 5.56 Å². The molecule has 2 aliphatic rings. The maximum atomic E-state index is 12.6. The number of nitrogens with one attached hydrogen (secondary N) is 1. The van der Waals surface area contributed by atoms with Crippen LogP contribution in [0.2, 0.25) is 0 Å². The summed E-state index contributed by atoms with van der Waals surface area (Å²) in [5.74, 6) is -3.08. The maximum Gasteiger partial charge on any atom is 0.250 e. The van der Waals surface area contributed by atoms with Crippen molar-refractivity contribution >= 4 is 17.6 Å². The number of nitrogens with zero attached hydrogens (tertiary/aromatic N) is 2. The lowest BCUT2D eigenvalue weighted by molar-refractivity contribution is -0.129. The van der Waals surface area contributed by atoms with Gasteiger partial charge in [-0.3, -0.25) is 19.7 Å². The number of methoxy groups -OCH3 is 1. The number of piperidine rings is 1. The van der Waals surface area contributed by atoms with Crippen LogP contribution in [0.15, 0.2) is 24.3 Å². The van der Waals surface area contributed by atoms with E-state index in [1.54, 1.807) is 24.3 Å². The van der Waals surface area contributed by atoms with Crippen LogP contribution in [-0.2, 0) is 9.59 Å². The summed E-state index contributed by atoms with van der Waals surface area (Å²) in [6.45, 7) is 0. The van der Waals surface area contributed by atoms with E-state index in [1.165, 1.54) is 19.2 Å². The van der Waals surface area contributed by atoms with Crippen LogP contribution in [-0.4, -0.2) is 24.7 Å². The first kappa shape index (κ1) is 13.8. The van der Waals surface area contributed by atoms with Crippen LogP contribution < -0.4 is 10.1 Å². The van der Waals surface area contributed by atoms with Gasteiger partial charge in [0, 0.05) is 5.56 Å². The number of fused-ring (bicyclic) bond motifs is 1. The number of carbonyl (C=O) groups is 3. The molecule has 1 saturated carbocycles. The van der Waals surface area contributed by atoms with Gasteiger partial charge in [-0.05, 0) is 24.3 Å². The first-order valence-electron chi connectivity index (χ1n) is 6.36. The van der Waals surface area contributed by atoms with Gasteiger partial charge in [0.2, 0.25) is 11.8 Å². The molecule has 0 bridgehead atoms. The zero-order valence-corrected chi connectivity index (χ0v) is 11.4. The number of carbonyl (C=O) groups excluding carboxylic acids is 3. The predicted octanol–water partition coefficient (Wildman–Crippen LogP) is 0.184. The SMILES string of the molecule is COc1ccc(C(=O)C2[C@]3(C#N)C(=O)NC(=O)[C@@]23C#N)cc1. The molecule has 108 valence electrons. The highest BCUT2D eigenvalue weighted by Crippen LogP contribution is 2.72. The quantitative estimate of drug-likeness (QED) is 0.627. The number of imide groups is 1. The van der Waals surface area contributed by atoms with Gasteiger partial charge in [0.1, 0.15) is 5.75 Å². The third kappa shape index (κ3) is 1.26. The van der Waals surface area contributed by atoms with Gasteiger partial charge in [0.25, 0.3) is 0 Å². The van der Waals surface area contributed by atoms with E-state index in [9.17, 15) is 24.9 Å². The Labute approximate surface area is 125 Å². The van der Waals surface area contributed by atoms with Gasteiger partial charge in [0.15, 0.2) is 16.6 Å². The summed E-state index contributed by atoms with van der Waals surface area (Å²) in [7, 11) is 1.47. The fraction of sp³-hybridized carbons (Fsp3) is 0.267. The van der Waals surface area contributed by atoms with Crippen LogP contribution in [0.25, 0.3) is 0 Å². The summed E-state index contributed by atoms with van der Waals surface area (Å²) in [5.41, 5.74) is -3.63. The van der Waals surface area contributed by atoms with E-state index >= 15 is 0 Å². The zero-order chi connectivity index (χ0) is 16.1. The maximum absolute atomic E-state index is 12.6. The molecule has 1 aliphatic carbocycles. The van der Waals surface area contributed by atoms with E-state index < -0.39 is 34.3 Å². The largest absolute Gasteiger partial charge is 0.497 e. The minimum atomic E-state index is -1.92. The zero-order valence-electron chi connectivity index (χ0n) is 11.4. The second-order valence-electron chi connectivity index (χ2n) is 5.15. The number of ether oxygens (including phenoxy) is 1. The number of nitriles is 2. The molecule has 3 rings (SSSR count). The van der Waals surface area contributed by atoms with Crippen LogP contribution in [0.4, 0.5) is 0 Å². The molecule has 0 radical (unpaired) electrons. The highest BCUT2D eigenvalue weighted by molar-refractivity contribution is 6.24. The minimum Gasteiger partial charge on any atom is -0.497 e. The second-order valence-corrected chi connectivity index (χ2v) is 5.15. The molecule has 1 aromatic rings. The Morgan fingerprint density at radius 2 is 1.64 bits per heavy atom. The number of hydrogen-bond donors (Lipinski definition) is 1. The summed E-state index contributed by atoms with van der Waals surface area (Å²) in [5, 5.41) is 20.6. The number of hydrogen-bond acceptors (Lipinski definition) is 6. The molecule has 1 saturated heterocycles. The average molecular weight is 295 g/mol. The van der Waals surface area contributed by atoms with Gasteiger partial charge in [0.05, 0.1) is 25.2 Å². The van der Waals surface area contributed by atoms with E-state index in [2.05, 4.69) is 0 Å². The molecule has 7 heteroatoms. The van der Waals surface area contributed by atoms with Crippen molar-refractivity contribution in [3.63, 3.8) is 0 Å². The fourth-order valence-corrected chi connectivity index (χ4v) is 3.12. The van der Waals surface area contributed by atoms with Gasteiger partial charge in [-0.15, -0.1) is 0 Å². The Morgan fingerprint density at radius 1 is 1.14 bits per heavy atom. The topological polar surface area (TPSA) is 120 Å². The summed E-state index contributed by atoms with van der Waals surface area (Å²) < 4.78 is 4.98. The van der Waals surface area contributed by atoms with Crippen molar-refractivity contribution in [2.45, 2.75) is 0 Å². The standard InChI is InChI=1S/C15H9N3O4/c1-22-9-4-2-8(3-5-9)10(19)11-14(6-16)12(20)18-13(21)15(11,14)7-17/h2-5,11H,1H3,(H,18,20,21)/t14-,15-/m1/s1. The molecular formula is C15H9N3O4. The van der Waals surface area contributed by atoms with Gasteiger partial charge < -0.3 is 4.74 Å². The number of benzene rings is 1. The third-order valence-electron chi connectivity index (χ3n) is 4.34. The monoisotopic (exact) mass is 295 g/mol. The molecular weight excluding hydrogens is 286 g/mol. The minimum absolute atomic E-state index is 0.213. The smallest absolute Gasteiger partial charge is 0.250 e. The molecule has 1 aliphatic heterocycles. The van der Waals surface area contributed by atoms with Crippen molar-refractivity contribution in [1.29, 1.82) is 10.5 Å². The Bertz CT molecular complexity index is 764. The van der Waals surface area contributed by atoms with Crippen molar-refractivity contribution < 1.29 is 19.1 Å². The molecule has 7 nitrogen and oxygen atoms in total. The van der Waals surface area contributed by atoms with Gasteiger partial charge in [-0.25, -0.2) is 0 Å². The average Bonchev–Trinajstić information content (AvgIpc) is 3.12. The van der Waals surface area contributed by atoms with Crippen molar-refractivity contribution in [3.8, 4) is 17.9 Å². The first-order valence-corrected chi connectivity index (χ1v) is 6.36. The Balaban J connectivity index is 2.04. The van der Waals surface area contributed by atoms with Crippen LogP contribution in [0.1, 0.15) is 10.4 Å². The second kappa shape index (κ2) is 4.15. The number of ketones is 1. The molecule has 2 amide bonds. The molecule has 0 unspecified atom stereocenters. The fourth-order valence-electron chi connectivity index (χ4n) is 3.12. The van der Waals surface area contributed by atoms with E-state index in [0.29, 0.717) is 5.75 Å². The van der Waals surface area contributed by atoms with Crippen LogP contribution in [0, 0.1) is 39.4 Å². The van der Waals surface area contributed by atoms with Crippen molar-refractivity contribution in [1.82, 2.24) is 5.32 Å². The van der Waals surface area contributed by atoms with E-state index in [0.717, 1.165) is 0 Å². The molecule has 2 atom stereocenters. The number of amides is 2. The molecule has 1 aromatic carbocycles. The van der Waals surface area contributed by atoms with Gasteiger partial charge >= 0.3 is 0 Å². The Kier molecular flexibility index (Phi) is 2.60. The molecule has 0 spiro atoms. The van der Waals surface area contributed by atoms with E-state index in [4.69, 9.17) is 4.74 Å². The molecule has 1 heterocycles. The lowest BCUT2D eigenvalue weighted by Crippen LogP contribution is -2.34. The van der Waals surface area contributed by atoms with Crippen molar-refractivity contribution in [2.75, 3.05) is 7.11 Å². The van der Waals surface area contributed by atoms with Crippen LogP contribution in [0.3, 0.4) is 0 Å². The third-order valence-corrected chi connectivity index (χ3v) is 4.34. The van der Waals surface area contributed by atoms with E-state index in [1.807, 2.05) is 5.32 Å². The molecule has 0 aromatic heterocycles. The summed E-state index contributed by atoms with van der Waals surface area (Å²) >= 11 is 0. The van der Waals surface area contributed by atoms with Crippen LogP contribution in [0.5, 0.6) is 5.75 Å². The highest BCUT2D eigenvalue weighted by atomic mass is 16.5. The number of Topliss-reactive ketones (excluding diaryl/α,β-unsaturated/α-hetero) is 1. The van der Waals surface area contributed by atoms with Crippen LogP contribution >= 0.6 is 0 Å². The Hall–Kier alpha value is -3.19. The highest BCUT2D eigenvalue weighted by Gasteiger charge is 2.92. The van der Waals surface area contributed by atoms with Crippen molar-refractivity contribution in [3.05, 3.63) is 29.8 Å². The molecule has 1 N–H and O–H groups in total. The lowest BCUT2D eigenvalue weighted by atomic mass is 9.98.